The molecular weight excluding hydrogens is 276 g/mol. The molecule has 0 radical (unpaired) electrons. The summed E-state index contributed by atoms with van der Waals surface area (Å²) in [6.45, 7) is 0. The average molecular weight is 292 g/mol. The van der Waals surface area contributed by atoms with Crippen molar-refractivity contribution in [3.63, 3.8) is 0 Å². The van der Waals surface area contributed by atoms with Gasteiger partial charge in [0.05, 0.1) is 11.0 Å². The molecule has 0 saturated carbocycles. The maximum atomic E-state index is 11.0. The van der Waals surface area contributed by atoms with Crippen LogP contribution in [0.2, 0.25) is 0 Å². The molecule has 110 valence electrons. The lowest BCUT2D eigenvalue weighted by Crippen LogP contribution is -2.29. The van der Waals surface area contributed by atoms with E-state index in [9.17, 15) is 10.1 Å². The summed E-state index contributed by atoms with van der Waals surface area (Å²) in [5.74, 6) is 0.665. The van der Waals surface area contributed by atoms with Crippen LogP contribution in [0.25, 0.3) is 0 Å². The van der Waals surface area contributed by atoms with Crippen molar-refractivity contribution in [2.45, 2.75) is 18.4 Å². The molecule has 2 aliphatic rings. The third kappa shape index (κ3) is 1.99. The van der Waals surface area contributed by atoms with E-state index in [2.05, 4.69) is 41.7 Å². The first-order valence-electron chi connectivity index (χ1n) is 7.50. The van der Waals surface area contributed by atoms with E-state index in [1.807, 2.05) is 12.1 Å². The number of nitrogens with one attached hydrogen (secondary N) is 1. The van der Waals surface area contributed by atoms with Crippen molar-refractivity contribution >= 4 is 11.4 Å². The second kappa shape index (κ2) is 4.98. The standard InChI is InChI=1S/C18H16N2O2/c21-20(22)13-9-10-17-16(11-13)14-7-4-8-15(14)18(19-17)12-5-2-1-3-6-12/h1-7,9-11,14-15,18-19H,8H2/t14-,15+,18+/m0/s1. The van der Waals surface area contributed by atoms with Crippen molar-refractivity contribution in [1.29, 1.82) is 0 Å². The summed E-state index contributed by atoms with van der Waals surface area (Å²) in [7, 11) is 0. The van der Waals surface area contributed by atoms with Gasteiger partial charge in [-0.1, -0.05) is 42.5 Å². The molecule has 4 nitrogen and oxygen atoms in total. The summed E-state index contributed by atoms with van der Waals surface area (Å²) in [5, 5.41) is 14.6. The summed E-state index contributed by atoms with van der Waals surface area (Å²) >= 11 is 0. The minimum atomic E-state index is -0.322. The third-order valence-electron chi connectivity index (χ3n) is 4.72. The number of nitro benzene ring substituents is 1. The normalized spacial score (nSPS) is 25.2. The van der Waals surface area contributed by atoms with Crippen molar-refractivity contribution in [3.8, 4) is 0 Å². The fraction of sp³-hybridized carbons (Fsp3) is 0.222. The number of hydrogen-bond acceptors (Lipinski definition) is 3. The van der Waals surface area contributed by atoms with E-state index in [1.54, 1.807) is 12.1 Å². The van der Waals surface area contributed by atoms with E-state index >= 15 is 0 Å². The van der Waals surface area contributed by atoms with Crippen molar-refractivity contribution < 1.29 is 4.92 Å². The molecule has 2 aromatic carbocycles. The van der Waals surface area contributed by atoms with Crippen LogP contribution in [0.5, 0.6) is 0 Å². The fourth-order valence-electron chi connectivity index (χ4n) is 3.69. The van der Waals surface area contributed by atoms with Gasteiger partial charge in [-0.15, -0.1) is 0 Å². The number of nitrogens with zero attached hydrogens (tertiary/aromatic N) is 1. The zero-order valence-electron chi connectivity index (χ0n) is 12.0. The summed E-state index contributed by atoms with van der Waals surface area (Å²) < 4.78 is 0. The molecule has 1 aliphatic carbocycles. The monoisotopic (exact) mass is 292 g/mol. The van der Waals surface area contributed by atoms with Crippen LogP contribution < -0.4 is 5.32 Å². The maximum Gasteiger partial charge on any atom is 0.269 e. The maximum absolute atomic E-state index is 11.0. The highest BCUT2D eigenvalue weighted by Crippen LogP contribution is 2.50. The first kappa shape index (κ1) is 13.1. The Morgan fingerprint density at radius 2 is 1.95 bits per heavy atom. The van der Waals surface area contributed by atoms with E-state index in [4.69, 9.17) is 0 Å². The smallest absolute Gasteiger partial charge is 0.269 e. The van der Waals surface area contributed by atoms with Crippen LogP contribution in [0.1, 0.15) is 29.5 Å². The van der Waals surface area contributed by atoms with Gasteiger partial charge in [-0.25, -0.2) is 0 Å². The van der Waals surface area contributed by atoms with Crippen LogP contribution in [0.4, 0.5) is 11.4 Å². The van der Waals surface area contributed by atoms with Crippen LogP contribution in [0.15, 0.2) is 60.7 Å². The molecule has 0 unspecified atom stereocenters. The van der Waals surface area contributed by atoms with Crippen LogP contribution in [-0.2, 0) is 0 Å². The fourth-order valence-corrected chi connectivity index (χ4v) is 3.69. The Hall–Kier alpha value is -2.62. The Balaban J connectivity index is 1.79. The molecule has 1 heterocycles. The number of anilines is 1. The number of hydrogen-bond donors (Lipinski definition) is 1. The Bertz CT molecular complexity index is 755. The Kier molecular flexibility index (Phi) is 2.96. The predicted octanol–water partition coefficient (Wildman–Crippen LogP) is 4.42. The van der Waals surface area contributed by atoms with E-state index in [1.165, 1.54) is 5.56 Å². The summed E-state index contributed by atoms with van der Waals surface area (Å²) in [5.41, 5.74) is 3.48. The van der Waals surface area contributed by atoms with Gasteiger partial charge >= 0.3 is 0 Å². The highest BCUT2D eigenvalue weighted by atomic mass is 16.6. The van der Waals surface area contributed by atoms with Crippen LogP contribution >= 0.6 is 0 Å². The second-order valence-corrected chi connectivity index (χ2v) is 5.91. The zero-order valence-corrected chi connectivity index (χ0v) is 12.0. The molecule has 0 fully saturated rings. The van der Waals surface area contributed by atoms with E-state index in [0.717, 1.165) is 17.7 Å². The number of allylic oxidation sites excluding steroid dienone is 2. The first-order valence-corrected chi connectivity index (χ1v) is 7.50. The lowest BCUT2D eigenvalue weighted by atomic mass is 9.77. The molecule has 3 atom stereocenters. The molecule has 0 aromatic heterocycles. The van der Waals surface area contributed by atoms with E-state index in [-0.39, 0.29) is 22.6 Å². The van der Waals surface area contributed by atoms with Crippen molar-refractivity contribution in [3.05, 3.63) is 81.9 Å². The molecule has 22 heavy (non-hydrogen) atoms. The molecule has 0 bridgehead atoms. The minimum Gasteiger partial charge on any atom is -0.378 e. The molecule has 1 N–H and O–H groups in total. The lowest BCUT2D eigenvalue weighted by molar-refractivity contribution is -0.384. The first-order chi connectivity index (χ1) is 10.7. The Morgan fingerprint density at radius 1 is 1.14 bits per heavy atom. The summed E-state index contributed by atoms with van der Waals surface area (Å²) in [6, 6.07) is 15.8. The van der Waals surface area contributed by atoms with Gasteiger partial charge in [-0.05, 0) is 29.5 Å². The highest BCUT2D eigenvalue weighted by molar-refractivity contribution is 5.62. The molecule has 0 spiro atoms. The van der Waals surface area contributed by atoms with E-state index in [0.29, 0.717) is 5.92 Å². The lowest BCUT2D eigenvalue weighted by Gasteiger charge is -2.37. The van der Waals surface area contributed by atoms with Gasteiger partial charge in [0.1, 0.15) is 0 Å². The minimum absolute atomic E-state index is 0.165. The largest absolute Gasteiger partial charge is 0.378 e. The molecule has 0 amide bonds. The van der Waals surface area contributed by atoms with Crippen LogP contribution in [-0.4, -0.2) is 4.92 Å². The Morgan fingerprint density at radius 3 is 2.73 bits per heavy atom. The van der Waals surface area contributed by atoms with Gasteiger partial charge in [-0.3, -0.25) is 10.1 Å². The molecule has 1 aliphatic heterocycles. The van der Waals surface area contributed by atoms with E-state index < -0.39 is 0 Å². The number of fused-ring (bicyclic) bond motifs is 3. The number of nitro groups is 1. The molecule has 4 heteroatoms. The summed E-state index contributed by atoms with van der Waals surface area (Å²) in [6.07, 6.45) is 5.39. The Labute approximate surface area is 128 Å². The molecular formula is C18H16N2O2. The molecule has 0 saturated heterocycles. The quantitative estimate of drug-likeness (QED) is 0.506. The average Bonchev–Trinajstić information content (AvgIpc) is 3.04. The second-order valence-electron chi connectivity index (χ2n) is 5.91. The van der Waals surface area contributed by atoms with Gasteiger partial charge in [0, 0.05) is 23.7 Å². The summed E-state index contributed by atoms with van der Waals surface area (Å²) in [4.78, 5) is 10.7. The SMILES string of the molecule is O=[N+]([O-])c1ccc2c(c1)[C@H]1C=CC[C@H]1[C@@H](c1ccccc1)N2. The topological polar surface area (TPSA) is 55.2 Å². The van der Waals surface area contributed by atoms with Crippen LogP contribution in [0.3, 0.4) is 0 Å². The van der Waals surface area contributed by atoms with Crippen molar-refractivity contribution in [2.24, 2.45) is 5.92 Å². The van der Waals surface area contributed by atoms with Crippen LogP contribution in [0, 0.1) is 16.0 Å². The highest BCUT2D eigenvalue weighted by Gasteiger charge is 2.38. The van der Waals surface area contributed by atoms with Crippen molar-refractivity contribution in [2.75, 3.05) is 5.32 Å². The van der Waals surface area contributed by atoms with Gasteiger partial charge in [-0.2, -0.15) is 0 Å². The van der Waals surface area contributed by atoms with Gasteiger partial charge in [0.2, 0.25) is 0 Å². The molecule has 2 aromatic rings. The van der Waals surface area contributed by atoms with Gasteiger partial charge in [0.15, 0.2) is 0 Å². The van der Waals surface area contributed by atoms with Crippen molar-refractivity contribution in [1.82, 2.24) is 0 Å². The zero-order chi connectivity index (χ0) is 15.1. The number of rotatable bonds is 2. The molecule has 4 rings (SSSR count). The van der Waals surface area contributed by atoms with Gasteiger partial charge < -0.3 is 5.32 Å². The third-order valence-corrected chi connectivity index (χ3v) is 4.72. The number of non-ortho nitro benzene ring substituents is 1. The predicted molar refractivity (Wildman–Crippen MR) is 85.9 cm³/mol. The van der Waals surface area contributed by atoms with Gasteiger partial charge in [0.25, 0.3) is 5.69 Å². The number of benzene rings is 2.